The number of aromatic nitrogens is 2. The van der Waals surface area contributed by atoms with Crippen molar-refractivity contribution in [2.75, 3.05) is 44.9 Å². The maximum Gasteiger partial charge on any atom is 0.325 e. The van der Waals surface area contributed by atoms with E-state index in [1.54, 1.807) is 18.2 Å². The van der Waals surface area contributed by atoms with E-state index in [9.17, 15) is 9.59 Å². The Morgan fingerprint density at radius 3 is 2.40 bits per heavy atom. The molecule has 0 spiro atoms. The molecule has 1 saturated heterocycles. The molecule has 42 heavy (non-hydrogen) atoms. The van der Waals surface area contributed by atoms with Crippen LogP contribution in [0.4, 0.5) is 6.01 Å². The normalized spacial score (nSPS) is 13.6. The van der Waals surface area contributed by atoms with Gasteiger partial charge >= 0.3 is 5.97 Å². The van der Waals surface area contributed by atoms with Crippen molar-refractivity contribution < 1.29 is 28.2 Å². The Bertz CT molecular complexity index is 1480. The molecule has 2 N–H and O–H groups in total. The Morgan fingerprint density at radius 2 is 1.76 bits per heavy atom. The predicted molar refractivity (Wildman–Crippen MR) is 159 cm³/mol. The molecular formula is C31H37N5O6. The van der Waals surface area contributed by atoms with Crippen LogP contribution >= 0.6 is 0 Å². The number of esters is 1. The Kier molecular flexibility index (Phi) is 9.28. The molecule has 2 aromatic heterocycles. The second-order valence-electron chi connectivity index (χ2n) is 9.91. The second kappa shape index (κ2) is 13.4. The summed E-state index contributed by atoms with van der Waals surface area (Å²) in [5, 5.41) is 6.02. The lowest BCUT2D eigenvalue weighted by atomic mass is 10.0. The Morgan fingerprint density at radius 1 is 1.07 bits per heavy atom. The van der Waals surface area contributed by atoms with Crippen molar-refractivity contribution in [3.63, 3.8) is 0 Å². The lowest BCUT2D eigenvalue weighted by molar-refractivity contribution is -0.139. The van der Waals surface area contributed by atoms with Crippen LogP contribution in [-0.4, -0.2) is 67.4 Å². The number of piperidine rings is 1. The number of rotatable bonds is 12. The fourth-order valence-corrected chi connectivity index (χ4v) is 5.23. The van der Waals surface area contributed by atoms with E-state index in [-0.39, 0.29) is 12.6 Å². The number of carbonyl (C=O) groups excluding carboxylic acids is 2. The summed E-state index contributed by atoms with van der Waals surface area (Å²) in [4.78, 5) is 31.5. The maximum atomic E-state index is 12.9. The summed E-state index contributed by atoms with van der Waals surface area (Å²) >= 11 is 0. The molecule has 0 radical (unpaired) electrons. The van der Waals surface area contributed by atoms with Gasteiger partial charge in [-0.2, -0.15) is 4.98 Å². The van der Waals surface area contributed by atoms with Gasteiger partial charge in [0.1, 0.15) is 29.2 Å². The van der Waals surface area contributed by atoms with Gasteiger partial charge < -0.3 is 38.7 Å². The van der Waals surface area contributed by atoms with E-state index in [2.05, 4.69) is 20.3 Å². The first-order valence-electron chi connectivity index (χ1n) is 14.3. The molecule has 1 aliphatic heterocycles. The number of hydrogen-bond donors (Lipinski definition) is 2. The van der Waals surface area contributed by atoms with Crippen LogP contribution in [0, 0.1) is 0 Å². The van der Waals surface area contributed by atoms with Crippen LogP contribution in [0.5, 0.6) is 11.5 Å². The first-order valence-corrected chi connectivity index (χ1v) is 14.3. The van der Waals surface area contributed by atoms with E-state index in [1.165, 1.54) is 7.11 Å². The number of oxazole rings is 1. The SMILES string of the molecule is CCOc1cc(CN(c2nc3c(C(=O)NCC(=O)OC)cccc3o2)C2CCNCC2)cc(OCC)c1-n1cccc1. The van der Waals surface area contributed by atoms with Gasteiger partial charge in [-0.25, -0.2) is 0 Å². The van der Waals surface area contributed by atoms with Gasteiger partial charge in [0.2, 0.25) is 0 Å². The molecule has 0 aliphatic carbocycles. The highest BCUT2D eigenvalue weighted by Crippen LogP contribution is 2.37. The molecule has 1 amide bonds. The summed E-state index contributed by atoms with van der Waals surface area (Å²) in [6, 6.07) is 13.8. The van der Waals surface area contributed by atoms with Gasteiger partial charge in [-0.05, 0) is 81.7 Å². The zero-order valence-electron chi connectivity index (χ0n) is 24.2. The number of anilines is 1. The quantitative estimate of drug-likeness (QED) is 0.241. The second-order valence-corrected chi connectivity index (χ2v) is 9.91. The minimum Gasteiger partial charge on any atom is -0.492 e. The average Bonchev–Trinajstić information content (AvgIpc) is 3.69. The monoisotopic (exact) mass is 575 g/mol. The Hall–Kier alpha value is -4.51. The lowest BCUT2D eigenvalue weighted by Gasteiger charge is -2.34. The van der Waals surface area contributed by atoms with Crippen molar-refractivity contribution in [3.8, 4) is 17.2 Å². The van der Waals surface area contributed by atoms with Gasteiger partial charge in [-0.1, -0.05) is 6.07 Å². The highest BCUT2D eigenvalue weighted by molar-refractivity contribution is 6.05. The molecule has 5 rings (SSSR count). The fraction of sp³-hybridized carbons (Fsp3) is 0.387. The van der Waals surface area contributed by atoms with Crippen molar-refractivity contribution in [1.82, 2.24) is 20.2 Å². The zero-order chi connectivity index (χ0) is 29.5. The predicted octanol–water partition coefficient (Wildman–Crippen LogP) is 4.08. The summed E-state index contributed by atoms with van der Waals surface area (Å²) in [7, 11) is 1.27. The van der Waals surface area contributed by atoms with E-state index >= 15 is 0 Å². The van der Waals surface area contributed by atoms with Crippen LogP contribution in [0.2, 0.25) is 0 Å². The minimum absolute atomic E-state index is 0.158. The van der Waals surface area contributed by atoms with E-state index in [0.29, 0.717) is 42.4 Å². The van der Waals surface area contributed by atoms with Gasteiger partial charge in [0.25, 0.3) is 11.9 Å². The van der Waals surface area contributed by atoms with Gasteiger partial charge in [-0.3, -0.25) is 9.59 Å². The molecule has 222 valence electrons. The first-order chi connectivity index (χ1) is 20.5. The standard InChI is InChI=1S/C31H37N5O6/c1-4-40-25-17-21(18-26(41-5-2)29(25)35-15-6-7-16-35)20-36(22-11-13-32-14-12-22)31-34-28-23(9-8-10-24(28)42-31)30(38)33-19-27(37)39-3/h6-10,15-18,22,32H,4-5,11-14,19-20H2,1-3H3,(H,33,38). The van der Waals surface area contributed by atoms with E-state index in [0.717, 1.165) is 48.7 Å². The third-order valence-corrected chi connectivity index (χ3v) is 7.18. The molecule has 1 aliphatic rings. The van der Waals surface area contributed by atoms with Crippen molar-refractivity contribution in [2.24, 2.45) is 0 Å². The molecule has 3 heterocycles. The molecule has 0 bridgehead atoms. The number of amides is 1. The summed E-state index contributed by atoms with van der Waals surface area (Å²) < 4.78 is 25.2. The third-order valence-electron chi connectivity index (χ3n) is 7.18. The number of hydrogen-bond acceptors (Lipinski definition) is 9. The Labute approximate surface area is 244 Å². The molecular weight excluding hydrogens is 538 g/mol. The van der Waals surface area contributed by atoms with Gasteiger partial charge in [0.15, 0.2) is 5.58 Å². The number of para-hydroxylation sites is 1. The molecule has 0 unspecified atom stereocenters. The number of fused-ring (bicyclic) bond motifs is 1. The van der Waals surface area contributed by atoms with Crippen LogP contribution < -0.4 is 25.0 Å². The van der Waals surface area contributed by atoms with Gasteiger partial charge in [-0.15, -0.1) is 0 Å². The number of carbonyl (C=O) groups is 2. The number of methoxy groups -OCH3 is 1. The molecule has 11 heteroatoms. The Balaban J connectivity index is 1.53. The topological polar surface area (TPSA) is 120 Å². The van der Waals surface area contributed by atoms with E-state index in [4.69, 9.17) is 18.9 Å². The highest BCUT2D eigenvalue weighted by atomic mass is 16.5. The number of ether oxygens (including phenoxy) is 3. The van der Waals surface area contributed by atoms with Crippen molar-refractivity contribution in [1.29, 1.82) is 0 Å². The van der Waals surface area contributed by atoms with Crippen molar-refractivity contribution in [3.05, 3.63) is 66.0 Å². The molecule has 4 aromatic rings. The van der Waals surface area contributed by atoms with Gasteiger partial charge in [0.05, 0.1) is 25.9 Å². The average molecular weight is 576 g/mol. The highest BCUT2D eigenvalue weighted by Gasteiger charge is 2.28. The van der Waals surface area contributed by atoms with E-state index < -0.39 is 11.9 Å². The molecule has 2 aromatic carbocycles. The molecule has 0 saturated carbocycles. The minimum atomic E-state index is -0.533. The number of nitrogens with zero attached hydrogens (tertiary/aromatic N) is 3. The fourth-order valence-electron chi connectivity index (χ4n) is 5.23. The van der Waals surface area contributed by atoms with Crippen LogP contribution in [0.1, 0.15) is 42.6 Å². The smallest absolute Gasteiger partial charge is 0.325 e. The lowest BCUT2D eigenvalue weighted by Crippen LogP contribution is -2.43. The maximum absolute atomic E-state index is 12.9. The van der Waals surface area contributed by atoms with Crippen LogP contribution in [-0.2, 0) is 16.1 Å². The van der Waals surface area contributed by atoms with Crippen LogP contribution in [0.25, 0.3) is 16.8 Å². The van der Waals surface area contributed by atoms with Gasteiger partial charge in [0, 0.05) is 25.0 Å². The van der Waals surface area contributed by atoms with Crippen LogP contribution in [0.3, 0.4) is 0 Å². The summed E-state index contributed by atoms with van der Waals surface area (Å²) in [5.41, 5.74) is 3.08. The van der Waals surface area contributed by atoms with Crippen molar-refractivity contribution in [2.45, 2.75) is 39.3 Å². The van der Waals surface area contributed by atoms with Crippen LogP contribution in [0.15, 0.2) is 59.3 Å². The summed E-state index contributed by atoms with van der Waals surface area (Å²) in [6.07, 6.45) is 5.75. The first kappa shape index (κ1) is 29.0. The molecule has 1 fully saturated rings. The zero-order valence-corrected chi connectivity index (χ0v) is 24.2. The number of benzene rings is 2. The summed E-state index contributed by atoms with van der Waals surface area (Å²) in [6.45, 7) is 6.96. The van der Waals surface area contributed by atoms with E-state index in [1.807, 2.05) is 55.1 Å². The summed E-state index contributed by atoms with van der Waals surface area (Å²) in [5.74, 6) is 0.487. The largest absolute Gasteiger partial charge is 0.492 e. The van der Waals surface area contributed by atoms with Crippen molar-refractivity contribution >= 4 is 29.0 Å². The molecule has 0 atom stereocenters. The number of nitrogens with one attached hydrogen (secondary N) is 2. The molecule has 11 nitrogen and oxygen atoms in total. The third kappa shape index (κ3) is 6.36.